The zero-order chi connectivity index (χ0) is 22.5. The highest BCUT2D eigenvalue weighted by atomic mass is 16.3. The molecule has 1 aromatic heterocycles. The predicted octanol–water partition coefficient (Wildman–Crippen LogP) is 3.41. The van der Waals surface area contributed by atoms with E-state index < -0.39 is 5.60 Å². The summed E-state index contributed by atoms with van der Waals surface area (Å²) >= 11 is 0. The minimum Gasteiger partial charge on any atom is -0.380 e. The van der Waals surface area contributed by atoms with E-state index in [2.05, 4.69) is 29.2 Å². The Bertz CT molecular complexity index is 1200. The first kappa shape index (κ1) is 20.6. The SMILES string of the molecule is Cc1cnc2cc(-c3ccc(C(=O)N4CCN(C(=O)C5(O)CC5)CC4C)cc3)ccc2c1. The van der Waals surface area contributed by atoms with Gasteiger partial charge in [-0.15, -0.1) is 0 Å². The van der Waals surface area contributed by atoms with Gasteiger partial charge in [0.05, 0.1) is 5.52 Å². The smallest absolute Gasteiger partial charge is 0.254 e. The monoisotopic (exact) mass is 429 g/mol. The fourth-order valence-corrected chi connectivity index (χ4v) is 4.45. The van der Waals surface area contributed by atoms with Crippen molar-refractivity contribution in [3.05, 3.63) is 65.9 Å². The summed E-state index contributed by atoms with van der Waals surface area (Å²) in [4.78, 5) is 33.6. The molecular weight excluding hydrogens is 402 g/mol. The topological polar surface area (TPSA) is 73.7 Å². The number of carbonyl (C=O) groups is 2. The van der Waals surface area contributed by atoms with Crippen LogP contribution in [-0.2, 0) is 4.79 Å². The summed E-state index contributed by atoms with van der Waals surface area (Å²) in [6.45, 7) is 5.37. The van der Waals surface area contributed by atoms with Gasteiger partial charge in [-0.3, -0.25) is 14.6 Å². The third-order valence-corrected chi connectivity index (χ3v) is 6.58. The summed E-state index contributed by atoms with van der Waals surface area (Å²) in [5.74, 6) is -0.224. The van der Waals surface area contributed by atoms with Crippen molar-refractivity contribution in [2.24, 2.45) is 0 Å². The quantitative estimate of drug-likeness (QED) is 0.693. The van der Waals surface area contributed by atoms with Crippen LogP contribution in [0.1, 0.15) is 35.7 Å². The lowest BCUT2D eigenvalue weighted by Gasteiger charge is -2.40. The van der Waals surface area contributed by atoms with Crippen molar-refractivity contribution in [2.75, 3.05) is 19.6 Å². The van der Waals surface area contributed by atoms with E-state index in [0.717, 1.165) is 27.6 Å². The molecule has 6 heteroatoms. The van der Waals surface area contributed by atoms with Gasteiger partial charge in [0.25, 0.3) is 11.8 Å². The second-order valence-electron chi connectivity index (χ2n) is 9.13. The summed E-state index contributed by atoms with van der Waals surface area (Å²) < 4.78 is 0. The van der Waals surface area contributed by atoms with Gasteiger partial charge < -0.3 is 14.9 Å². The first-order chi connectivity index (χ1) is 15.3. The van der Waals surface area contributed by atoms with Crippen molar-refractivity contribution < 1.29 is 14.7 Å². The largest absolute Gasteiger partial charge is 0.380 e. The van der Waals surface area contributed by atoms with E-state index >= 15 is 0 Å². The maximum absolute atomic E-state index is 13.1. The molecule has 1 atom stereocenters. The average molecular weight is 430 g/mol. The van der Waals surface area contributed by atoms with Crippen molar-refractivity contribution in [3.63, 3.8) is 0 Å². The lowest BCUT2D eigenvalue weighted by Crippen LogP contribution is -2.57. The van der Waals surface area contributed by atoms with Crippen LogP contribution < -0.4 is 0 Å². The number of rotatable bonds is 3. The highest BCUT2D eigenvalue weighted by Gasteiger charge is 2.51. The van der Waals surface area contributed by atoms with Crippen molar-refractivity contribution in [3.8, 4) is 11.1 Å². The van der Waals surface area contributed by atoms with Crippen LogP contribution in [0.2, 0.25) is 0 Å². The van der Waals surface area contributed by atoms with Crippen molar-refractivity contribution in [1.82, 2.24) is 14.8 Å². The molecule has 0 bridgehead atoms. The number of hydrogen-bond donors (Lipinski definition) is 1. The van der Waals surface area contributed by atoms with Crippen LogP contribution in [0.25, 0.3) is 22.0 Å². The Morgan fingerprint density at radius 2 is 1.75 bits per heavy atom. The number of aliphatic hydroxyl groups is 1. The van der Waals surface area contributed by atoms with E-state index in [0.29, 0.717) is 38.0 Å². The molecule has 1 unspecified atom stereocenters. The predicted molar refractivity (Wildman–Crippen MR) is 123 cm³/mol. The Hall–Kier alpha value is -3.25. The van der Waals surface area contributed by atoms with E-state index in [1.54, 1.807) is 4.90 Å². The van der Waals surface area contributed by atoms with Gasteiger partial charge in [0.15, 0.2) is 0 Å². The molecule has 6 nitrogen and oxygen atoms in total. The lowest BCUT2D eigenvalue weighted by molar-refractivity contribution is -0.144. The Morgan fingerprint density at radius 1 is 1.03 bits per heavy atom. The minimum absolute atomic E-state index is 0.0306. The van der Waals surface area contributed by atoms with Crippen LogP contribution in [0.15, 0.2) is 54.7 Å². The molecule has 1 saturated heterocycles. The standard InChI is InChI=1S/C26H27N3O3/c1-17-13-22-8-7-21(14-23(22)27-15-17)19-3-5-20(6-4-19)24(30)29-12-11-28(16-18(29)2)25(31)26(32)9-10-26/h3-8,13-15,18,32H,9-12,16H2,1-2H3. The van der Waals surface area contributed by atoms with Crippen LogP contribution >= 0.6 is 0 Å². The molecule has 1 N–H and O–H groups in total. The molecular formula is C26H27N3O3. The Labute approximate surface area is 187 Å². The van der Waals surface area contributed by atoms with Crippen LogP contribution in [0.3, 0.4) is 0 Å². The molecule has 2 heterocycles. The van der Waals surface area contributed by atoms with Crippen LogP contribution in [-0.4, -0.2) is 63.0 Å². The lowest BCUT2D eigenvalue weighted by atomic mass is 10.0. The molecule has 1 aliphatic heterocycles. The number of aryl methyl sites for hydroxylation is 1. The Morgan fingerprint density at radius 3 is 2.44 bits per heavy atom. The van der Waals surface area contributed by atoms with E-state index in [-0.39, 0.29) is 17.9 Å². The fraction of sp³-hybridized carbons (Fsp3) is 0.346. The molecule has 0 spiro atoms. The summed E-state index contributed by atoms with van der Waals surface area (Å²) in [6.07, 6.45) is 2.95. The highest BCUT2D eigenvalue weighted by molar-refractivity contribution is 5.95. The number of fused-ring (bicyclic) bond motifs is 1. The van der Waals surface area contributed by atoms with Gasteiger partial charge in [0, 0.05) is 42.8 Å². The zero-order valence-corrected chi connectivity index (χ0v) is 18.4. The van der Waals surface area contributed by atoms with Crippen molar-refractivity contribution in [1.29, 1.82) is 0 Å². The Kier molecular flexibility index (Phi) is 4.97. The van der Waals surface area contributed by atoms with Gasteiger partial charge in [-0.05, 0) is 67.6 Å². The zero-order valence-electron chi connectivity index (χ0n) is 18.4. The third kappa shape index (κ3) is 3.75. The summed E-state index contributed by atoms with van der Waals surface area (Å²) in [7, 11) is 0. The molecule has 32 heavy (non-hydrogen) atoms. The van der Waals surface area contributed by atoms with Crippen LogP contribution in [0.5, 0.6) is 0 Å². The molecule has 164 valence electrons. The van der Waals surface area contributed by atoms with Crippen molar-refractivity contribution in [2.45, 2.75) is 38.3 Å². The highest BCUT2D eigenvalue weighted by Crippen LogP contribution is 2.37. The molecule has 5 rings (SSSR count). The van der Waals surface area contributed by atoms with E-state index in [4.69, 9.17) is 0 Å². The first-order valence-corrected chi connectivity index (χ1v) is 11.1. The van der Waals surface area contributed by atoms with Crippen molar-refractivity contribution >= 4 is 22.7 Å². The molecule has 3 aromatic rings. The second kappa shape index (κ2) is 7.71. The van der Waals surface area contributed by atoms with Crippen LogP contribution in [0, 0.1) is 6.92 Å². The normalized spacial score (nSPS) is 19.8. The molecule has 1 aliphatic carbocycles. The number of aromatic nitrogens is 1. The molecule has 1 saturated carbocycles. The number of benzene rings is 2. The minimum atomic E-state index is -1.15. The number of pyridine rings is 1. The molecule has 0 radical (unpaired) electrons. The van der Waals surface area contributed by atoms with Gasteiger partial charge in [-0.2, -0.15) is 0 Å². The van der Waals surface area contributed by atoms with Gasteiger partial charge in [-0.25, -0.2) is 0 Å². The molecule has 2 aliphatic rings. The Balaban J connectivity index is 1.29. The molecule has 2 fully saturated rings. The number of nitrogens with zero attached hydrogens (tertiary/aromatic N) is 3. The number of amides is 2. The summed E-state index contributed by atoms with van der Waals surface area (Å²) in [5, 5.41) is 11.2. The second-order valence-corrected chi connectivity index (χ2v) is 9.13. The first-order valence-electron chi connectivity index (χ1n) is 11.1. The number of hydrogen-bond acceptors (Lipinski definition) is 4. The van der Waals surface area contributed by atoms with Crippen LogP contribution in [0.4, 0.5) is 0 Å². The van der Waals surface area contributed by atoms with Gasteiger partial charge in [0.1, 0.15) is 5.60 Å². The van der Waals surface area contributed by atoms with Gasteiger partial charge >= 0.3 is 0 Å². The van der Waals surface area contributed by atoms with E-state index in [1.165, 1.54) is 0 Å². The maximum atomic E-state index is 13.1. The summed E-state index contributed by atoms with van der Waals surface area (Å²) in [6, 6.07) is 15.9. The number of piperazine rings is 1. The third-order valence-electron chi connectivity index (χ3n) is 6.58. The van der Waals surface area contributed by atoms with Gasteiger partial charge in [0.2, 0.25) is 0 Å². The average Bonchev–Trinajstić information content (AvgIpc) is 3.56. The van der Waals surface area contributed by atoms with Gasteiger partial charge in [-0.1, -0.05) is 24.3 Å². The summed E-state index contributed by atoms with van der Waals surface area (Å²) in [5.41, 5.74) is 3.66. The molecule has 2 amide bonds. The number of carbonyl (C=O) groups excluding carboxylic acids is 2. The van der Waals surface area contributed by atoms with E-state index in [1.807, 2.05) is 49.2 Å². The molecule has 2 aromatic carbocycles. The maximum Gasteiger partial charge on any atom is 0.254 e. The van der Waals surface area contributed by atoms with E-state index in [9.17, 15) is 14.7 Å². The fourth-order valence-electron chi connectivity index (χ4n) is 4.45.